The molecule has 6 nitrogen and oxygen atoms in total. The maximum absolute atomic E-state index is 13.4. The Labute approximate surface area is 194 Å². The number of rotatable bonds is 4. The average Bonchev–Trinajstić information content (AvgIpc) is 3.24. The molecule has 1 aliphatic rings. The van der Waals surface area contributed by atoms with Crippen LogP contribution in [-0.4, -0.2) is 33.2 Å². The van der Waals surface area contributed by atoms with Gasteiger partial charge in [0.05, 0.1) is 17.3 Å². The molecule has 182 valence electrons. The first-order valence-electron chi connectivity index (χ1n) is 10.3. The van der Waals surface area contributed by atoms with Crippen molar-refractivity contribution in [2.45, 2.75) is 50.1 Å². The summed E-state index contributed by atoms with van der Waals surface area (Å²) >= 11 is 6.02. The number of alkyl halides is 6. The molecule has 13 heteroatoms. The van der Waals surface area contributed by atoms with Gasteiger partial charge < -0.3 is 10.6 Å². The fourth-order valence-corrected chi connectivity index (χ4v) is 4.24. The Balaban J connectivity index is 1.53. The zero-order chi connectivity index (χ0) is 24.7. The Kier molecular flexibility index (Phi) is 6.36. The van der Waals surface area contributed by atoms with Gasteiger partial charge in [0.25, 0.3) is 5.91 Å². The molecule has 1 fully saturated rings. The van der Waals surface area contributed by atoms with E-state index in [0.29, 0.717) is 36.1 Å². The highest BCUT2D eigenvalue weighted by atomic mass is 35.5. The van der Waals surface area contributed by atoms with Crippen LogP contribution in [0.15, 0.2) is 30.5 Å². The number of fused-ring (bicyclic) bond motifs is 1. The number of aromatic nitrogens is 3. The molecule has 0 unspecified atom stereocenters. The van der Waals surface area contributed by atoms with E-state index >= 15 is 0 Å². The summed E-state index contributed by atoms with van der Waals surface area (Å²) in [4.78, 5) is 16.1. The van der Waals surface area contributed by atoms with Crippen molar-refractivity contribution in [3.8, 4) is 0 Å². The molecule has 0 radical (unpaired) electrons. The van der Waals surface area contributed by atoms with E-state index in [4.69, 9.17) is 11.6 Å². The van der Waals surface area contributed by atoms with Crippen molar-refractivity contribution in [1.29, 1.82) is 0 Å². The number of hydrogen-bond acceptors (Lipinski definition) is 4. The summed E-state index contributed by atoms with van der Waals surface area (Å²) < 4.78 is 79.2. The third kappa shape index (κ3) is 5.21. The van der Waals surface area contributed by atoms with Gasteiger partial charge >= 0.3 is 12.4 Å². The monoisotopic (exact) mass is 505 g/mol. The van der Waals surface area contributed by atoms with Crippen LogP contribution >= 0.6 is 11.6 Å². The number of halogens is 7. The molecule has 0 aliphatic heterocycles. The van der Waals surface area contributed by atoms with Crippen LogP contribution in [-0.2, 0) is 12.4 Å². The molecule has 0 bridgehead atoms. The van der Waals surface area contributed by atoms with Gasteiger partial charge in [0.15, 0.2) is 5.69 Å². The maximum Gasteiger partial charge on any atom is 0.433 e. The third-order valence-electron chi connectivity index (χ3n) is 5.60. The summed E-state index contributed by atoms with van der Waals surface area (Å²) in [5.41, 5.74) is -2.62. The lowest BCUT2D eigenvalue weighted by molar-refractivity contribution is -0.142. The van der Waals surface area contributed by atoms with E-state index in [2.05, 4.69) is 20.7 Å². The molecule has 3 N–H and O–H groups in total. The number of carbonyl (C=O) groups excluding carboxylic acids is 1. The molecule has 1 aromatic carbocycles. The van der Waals surface area contributed by atoms with E-state index in [1.165, 1.54) is 18.2 Å². The second-order valence-electron chi connectivity index (χ2n) is 8.05. The first-order chi connectivity index (χ1) is 15.9. The van der Waals surface area contributed by atoms with Gasteiger partial charge in [-0.1, -0.05) is 11.6 Å². The largest absolute Gasteiger partial charge is 0.433 e. The number of nitrogens with one attached hydrogen (secondary N) is 3. The van der Waals surface area contributed by atoms with Crippen LogP contribution in [0, 0.1) is 0 Å². The van der Waals surface area contributed by atoms with E-state index in [-0.39, 0.29) is 17.2 Å². The van der Waals surface area contributed by atoms with Crippen molar-refractivity contribution in [1.82, 2.24) is 20.5 Å². The van der Waals surface area contributed by atoms with Crippen molar-refractivity contribution in [2.24, 2.45) is 0 Å². The molecule has 1 amide bonds. The topological polar surface area (TPSA) is 82.7 Å². The molecule has 3 aromatic rings. The number of H-pyrrole nitrogens is 1. The van der Waals surface area contributed by atoms with E-state index in [0.717, 1.165) is 12.3 Å². The van der Waals surface area contributed by atoms with E-state index in [1.54, 1.807) is 5.10 Å². The fourth-order valence-electron chi connectivity index (χ4n) is 4.07. The average molecular weight is 506 g/mol. The summed E-state index contributed by atoms with van der Waals surface area (Å²) in [5.74, 6) is -0.924. The van der Waals surface area contributed by atoms with E-state index in [1.807, 2.05) is 0 Å². The standard InChI is InChI=1S/C21H18ClF6N5O/c22-10-4-5-15-13(6-10)16(8-17(32-15)20(23,24)25)30-11-2-1-3-12(7-11)31-19(34)14-9-29-33-18(14)21(26,27)28/h4-6,8-9,11-12H,1-3,7H2,(H,29,33)(H,30,32)(H,31,34)/t11-,12+/m0/s1. The zero-order valence-corrected chi connectivity index (χ0v) is 18.1. The number of amides is 1. The first-order valence-corrected chi connectivity index (χ1v) is 10.6. The molecule has 0 saturated heterocycles. The fraction of sp³-hybridized carbons (Fsp3) is 0.381. The van der Waals surface area contributed by atoms with Crippen molar-refractivity contribution in [2.75, 3.05) is 5.32 Å². The normalized spacial score (nSPS) is 19.3. The minimum absolute atomic E-state index is 0.113. The summed E-state index contributed by atoms with van der Waals surface area (Å²) in [6.45, 7) is 0. The Bertz CT molecular complexity index is 1210. The number of pyridine rings is 1. The maximum atomic E-state index is 13.4. The lowest BCUT2D eigenvalue weighted by Gasteiger charge is -2.31. The number of hydrogen-bond donors (Lipinski definition) is 3. The summed E-state index contributed by atoms with van der Waals surface area (Å²) in [6.07, 6.45) is -6.60. The lowest BCUT2D eigenvalue weighted by Crippen LogP contribution is -2.42. The minimum atomic E-state index is -4.76. The number of anilines is 1. The molecule has 4 rings (SSSR count). The van der Waals surface area contributed by atoms with Crippen LogP contribution in [0.1, 0.15) is 47.4 Å². The number of carbonyl (C=O) groups is 1. The molecule has 2 aromatic heterocycles. The predicted octanol–water partition coefficient (Wildman–Crippen LogP) is 5.80. The quantitative estimate of drug-likeness (QED) is 0.391. The molecule has 2 atom stereocenters. The number of nitrogens with zero attached hydrogens (tertiary/aromatic N) is 2. The highest BCUT2D eigenvalue weighted by Gasteiger charge is 2.38. The van der Waals surface area contributed by atoms with Crippen molar-refractivity contribution in [3.05, 3.63) is 52.4 Å². The number of benzene rings is 1. The van der Waals surface area contributed by atoms with Crippen LogP contribution in [0.5, 0.6) is 0 Å². The second kappa shape index (κ2) is 8.97. The number of aromatic amines is 1. The molecule has 1 aliphatic carbocycles. The van der Waals surface area contributed by atoms with Gasteiger partial charge in [0.1, 0.15) is 5.69 Å². The minimum Gasteiger partial charge on any atom is -0.382 e. The summed E-state index contributed by atoms with van der Waals surface area (Å²) in [6, 6.07) is 4.43. The predicted molar refractivity (Wildman–Crippen MR) is 112 cm³/mol. The Morgan fingerprint density at radius 1 is 1.06 bits per heavy atom. The van der Waals surface area contributed by atoms with Crippen molar-refractivity contribution < 1.29 is 31.1 Å². The molecular formula is C21H18ClF6N5O. The van der Waals surface area contributed by atoms with Gasteiger partial charge in [-0.2, -0.15) is 31.4 Å². The van der Waals surface area contributed by atoms with Gasteiger partial charge in [-0.15, -0.1) is 0 Å². The van der Waals surface area contributed by atoms with E-state index < -0.39 is 41.3 Å². The van der Waals surface area contributed by atoms with Gasteiger partial charge in [-0.3, -0.25) is 9.89 Å². The molecule has 34 heavy (non-hydrogen) atoms. The van der Waals surface area contributed by atoms with Gasteiger partial charge in [-0.05, 0) is 49.9 Å². The molecule has 0 spiro atoms. The Morgan fingerprint density at radius 2 is 1.79 bits per heavy atom. The summed E-state index contributed by atoms with van der Waals surface area (Å²) in [7, 11) is 0. The molecule has 1 saturated carbocycles. The van der Waals surface area contributed by atoms with Crippen LogP contribution in [0.3, 0.4) is 0 Å². The van der Waals surface area contributed by atoms with Crippen LogP contribution in [0.25, 0.3) is 10.9 Å². The van der Waals surface area contributed by atoms with Crippen molar-refractivity contribution >= 4 is 34.1 Å². The highest BCUT2D eigenvalue weighted by Crippen LogP contribution is 2.35. The SMILES string of the molecule is O=C(N[C@@H]1CCC[C@H](Nc2cc(C(F)(F)F)nc3ccc(Cl)cc23)C1)c1cn[nH]c1C(F)(F)F. The van der Waals surface area contributed by atoms with Gasteiger partial charge in [0, 0.05) is 28.2 Å². The van der Waals surface area contributed by atoms with Crippen molar-refractivity contribution in [3.63, 3.8) is 0 Å². The van der Waals surface area contributed by atoms with Crippen LogP contribution < -0.4 is 10.6 Å². The Hall–Kier alpha value is -3.02. The van der Waals surface area contributed by atoms with Gasteiger partial charge in [0.2, 0.25) is 0 Å². The highest BCUT2D eigenvalue weighted by molar-refractivity contribution is 6.31. The van der Waals surface area contributed by atoms with Crippen LogP contribution in [0.2, 0.25) is 5.02 Å². The lowest BCUT2D eigenvalue weighted by atomic mass is 9.90. The zero-order valence-electron chi connectivity index (χ0n) is 17.3. The molecular weight excluding hydrogens is 488 g/mol. The van der Waals surface area contributed by atoms with E-state index in [9.17, 15) is 31.1 Å². The Morgan fingerprint density at radius 3 is 2.50 bits per heavy atom. The van der Waals surface area contributed by atoms with Gasteiger partial charge in [-0.25, -0.2) is 4.98 Å². The third-order valence-corrected chi connectivity index (χ3v) is 5.83. The first kappa shape index (κ1) is 24.1. The smallest absolute Gasteiger partial charge is 0.382 e. The summed E-state index contributed by atoms with van der Waals surface area (Å²) in [5, 5.41) is 11.5. The molecule has 2 heterocycles. The van der Waals surface area contributed by atoms with Crippen LogP contribution in [0.4, 0.5) is 32.0 Å². The second-order valence-corrected chi connectivity index (χ2v) is 8.49.